The molecule has 1 N–H and O–H groups in total. The molecule has 27 heavy (non-hydrogen) atoms. The molecule has 4 heteroatoms. The van der Waals surface area contributed by atoms with Gasteiger partial charge in [0.15, 0.2) is 0 Å². The van der Waals surface area contributed by atoms with Crippen LogP contribution in [-0.4, -0.2) is 21.5 Å². The molecule has 134 valence electrons. The van der Waals surface area contributed by atoms with Crippen LogP contribution in [0.15, 0.2) is 79.3 Å². The van der Waals surface area contributed by atoms with E-state index in [1.165, 1.54) is 10.9 Å². The largest absolute Gasteiger partial charge is 0.312 e. The van der Waals surface area contributed by atoms with Crippen LogP contribution in [0.2, 0.25) is 0 Å². The summed E-state index contributed by atoms with van der Waals surface area (Å²) in [6, 6.07) is 20.4. The molecular weight excluding hydrogens is 332 g/mol. The highest BCUT2D eigenvalue weighted by molar-refractivity contribution is 5.81. The number of benzene rings is 1. The molecule has 4 aromatic rings. The Hall–Kier alpha value is -3.11. The molecule has 4 nitrogen and oxygen atoms in total. The lowest BCUT2D eigenvalue weighted by Crippen LogP contribution is -2.20. The average molecular weight is 354 g/mol. The number of rotatable bonds is 6. The van der Waals surface area contributed by atoms with E-state index in [1.54, 1.807) is 6.20 Å². The minimum Gasteiger partial charge on any atom is -0.312 e. The molecule has 0 saturated heterocycles. The van der Waals surface area contributed by atoms with E-state index >= 15 is 0 Å². The second-order valence-electron chi connectivity index (χ2n) is 6.71. The zero-order chi connectivity index (χ0) is 18.5. The van der Waals surface area contributed by atoms with Crippen LogP contribution in [0, 0.1) is 0 Å². The van der Waals surface area contributed by atoms with Gasteiger partial charge in [-0.25, -0.2) is 0 Å². The van der Waals surface area contributed by atoms with Crippen molar-refractivity contribution in [2.24, 2.45) is 0 Å². The molecule has 0 bridgehead atoms. The Balaban J connectivity index is 1.38. The summed E-state index contributed by atoms with van der Waals surface area (Å²) in [5.74, 6) is 0.330. The summed E-state index contributed by atoms with van der Waals surface area (Å²) < 4.78 is 0. The van der Waals surface area contributed by atoms with Gasteiger partial charge in [-0.2, -0.15) is 0 Å². The summed E-state index contributed by atoms with van der Waals surface area (Å²) in [7, 11) is 0. The normalized spacial score (nSPS) is 12.2. The number of para-hydroxylation sites is 1. The first kappa shape index (κ1) is 17.3. The van der Waals surface area contributed by atoms with Crippen molar-refractivity contribution < 1.29 is 0 Å². The summed E-state index contributed by atoms with van der Waals surface area (Å²) >= 11 is 0. The molecule has 1 unspecified atom stereocenters. The Morgan fingerprint density at radius 1 is 0.852 bits per heavy atom. The molecule has 3 heterocycles. The van der Waals surface area contributed by atoms with E-state index in [-0.39, 0.29) is 0 Å². The molecule has 0 aliphatic rings. The molecule has 0 radical (unpaired) electrons. The Bertz CT molecular complexity index is 1010. The van der Waals surface area contributed by atoms with E-state index in [2.05, 4.69) is 63.6 Å². The van der Waals surface area contributed by atoms with Gasteiger partial charge in [-0.3, -0.25) is 15.0 Å². The van der Waals surface area contributed by atoms with E-state index in [0.29, 0.717) is 5.92 Å². The van der Waals surface area contributed by atoms with Gasteiger partial charge in [-0.05, 0) is 42.0 Å². The predicted octanol–water partition coefficient (Wildman–Crippen LogP) is 4.59. The fraction of sp³-hybridized carbons (Fsp3) is 0.174. The van der Waals surface area contributed by atoms with Gasteiger partial charge in [0.25, 0.3) is 0 Å². The first-order valence-electron chi connectivity index (χ1n) is 9.22. The fourth-order valence-corrected chi connectivity index (χ4v) is 3.22. The van der Waals surface area contributed by atoms with Gasteiger partial charge in [0.1, 0.15) is 0 Å². The third-order valence-corrected chi connectivity index (χ3v) is 4.76. The number of hydrogen-bond donors (Lipinski definition) is 1. The van der Waals surface area contributed by atoms with Crippen LogP contribution in [-0.2, 0) is 6.54 Å². The van der Waals surface area contributed by atoms with Crippen molar-refractivity contribution in [1.82, 2.24) is 20.3 Å². The standard InChI is InChI=1S/C23H22N4/c1-17(21-10-9-19(16-27-21)22-7-4-5-12-25-22)14-24-15-18-11-13-26-23-8-3-2-6-20(18)23/h2-13,16-17,24H,14-15H2,1H3. The van der Waals surface area contributed by atoms with Crippen molar-refractivity contribution in [2.75, 3.05) is 6.54 Å². The molecule has 0 saturated carbocycles. The smallest absolute Gasteiger partial charge is 0.0717 e. The van der Waals surface area contributed by atoms with Crippen molar-refractivity contribution in [2.45, 2.75) is 19.4 Å². The Labute approximate surface area is 159 Å². The molecule has 4 rings (SSSR count). The molecular formula is C23H22N4. The predicted molar refractivity (Wildman–Crippen MR) is 109 cm³/mol. The quantitative estimate of drug-likeness (QED) is 0.550. The number of nitrogens with one attached hydrogen (secondary N) is 1. The van der Waals surface area contributed by atoms with E-state index in [9.17, 15) is 0 Å². The van der Waals surface area contributed by atoms with E-state index in [1.807, 2.05) is 36.7 Å². The highest BCUT2D eigenvalue weighted by Crippen LogP contribution is 2.19. The van der Waals surface area contributed by atoms with Crippen LogP contribution < -0.4 is 5.32 Å². The Kier molecular flexibility index (Phi) is 5.17. The summed E-state index contributed by atoms with van der Waals surface area (Å²) in [5.41, 5.74) is 5.39. The molecule has 0 fully saturated rings. The highest BCUT2D eigenvalue weighted by atomic mass is 14.9. The maximum atomic E-state index is 4.64. The topological polar surface area (TPSA) is 50.7 Å². The Morgan fingerprint density at radius 3 is 2.56 bits per heavy atom. The van der Waals surface area contributed by atoms with Gasteiger partial charge in [-0.1, -0.05) is 31.2 Å². The van der Waals surface area contributed by atoms with Gasteiger partial charge in [0.2, 0.25) is 0 Å². The number of aromatic nitrogens is 3. The fourth-order valence-electron chi connectivity index (χ4n) is 3.22. The lowest BCUT2D eigenvalue weighted by atomic mass is 10.0. The first-order chi connectivity index (χ1) is 13.3. The second kappa shape index (κ2) is 8.06. The number of nitrogens with zero attached hydrogens (tertiary/aromatic N) is 3. The zero-order valence-electron chi connectivity index (χ0n) is 15.3. The second-order valence-corrected chi connectivity index (χ2v) is 6.71. The van der Waals surface area contributed by atoms with Crippen molar-refractivity contribution in [3.8, 4) is 11.3 Å². The SMILES string of the molecule is CC(CNCc1ccnc2ccccc12)c1ccc(-c2ccccn2)cn1. The summed E-state index contributed by atoms with van der Waals surface area (Å²) in [6.07, 6.45) is 5.59. The van der Waals surface area contributed by atoms with E-state index in [4.69, 9.17) is 0 Å². The summed E-state index contributed by atoms with van der Waals surface area (Å²) in [4.78, 5) is 13.4. The van der Waals surface area contributed by atoms with Crippen molar-refractivity contribution >= 4 is 10.9 Å². The average Bonchev–Trinajstić information content (AvgIpc) is 2.74. The summed E-state index contributed by atoms with van der Waals surface area (Å²) in [6.45, 7) is 3.88. The maximum absolute atomic E-state index is 4.64. The lowest BCUT2D eigenvalue weighted by Gasteiger charge is -2.13. The van der Waals surface area contributed by atoms with Crippen LogP contribution in [0.3, 0.4) is 0 Å². The molecule has 1 aromatic carbocycles. The monoisotopic (exact) mass is 354 g/mol. The van der Waals surface area contributed by atoms with Gasteiger partial charge in [0, 0.05) is 54.2 Å². The van der Waals surface area contributed by atoms with Crippen molar-refractivity contribution in [3.63, 3.8) is 0 Å². The molecule has 0 aliphatic carbocycles. The maximum Gasteiger partial charge on any atom is 0.0717 e. The highest BCUT2D eigenvalue weighted by Gasteiger charge is 2.08. The van der Waals surface area contributed by atoms with Crippen LogP contribution >= 0.6 is 0 Å². The lowest BCUT2D eigenvalue weighted by molar-refractivity contribution is 0.606. The minimum atomic E-state index is 0.330. The first-order valence-corrected chi connectivity index (χ1v) is 9.22. The van der Waals surface area contributed by atoms with Crippen LogP contribution in [0.4, 0.5) is 0 Å². The minimum absolute atomic E-state index is 0.330. The van der Waals surface area contributed by atoms with Gasteiger partial charge in [-0.15, -0.1) is 0 Å². The molecule has 0 amide bonds. The third kappa shape index (κ3) is 4.01. The molecule has 3 aromatic heterocycles. The zero-order valence-corrected chi connectivity index (χ0v) is 15.3. The summed E-state index contributed by atoms with van der Waals surface area (Å²) in [5, 5.41) is 4.76. The number of fused-ring (bicyclic) bond motifs is 1. The molecule has 0 spiro atoms. The van der Waals surface area contributed by atoms with Crippen molar-refractivity contribution in [3.05, 3.63) is 90.5 Å². The Morgan fingerprint density at radius 2 is 1.74 bits per heavy atom. The third-order valence-electron chi connectivity index (χ3n) is 4.76. The van der Waals surface area contributed by atoms with Gasteiger partial charge in [0.05, 0.1) is 11.2 Å². The van der Waals surface area contributed by atoms with Gasteiger partial charge < -0.3 is 5.32 Å². The van der Waals surface area contributed by atoms with Crippen LogP contribution in [0.25, 0.3) is 22.2 Å². The molecule has 0 aliphatic heterocycles. The van der Waals surface area contributed by atoms with Crippen molar-refractivity contribution in [1.29, 1.82) is 0 Å². The van der Waals surface area contributed by atoms with E-state index < -0.39 is 0 Å². The number of pyridine rings is 3. The van der Waals surface area contributed by atoms with Gasteiger partial charge >= 0.3 is 0 Å². The van der Waals surface area contributed by atoms with E-state index in [0.717, 1.165) is 35.6 Å². The number of hydrogen-bond acceptors (Lipinski definition) is 4. The van der Waals surface area contributed by atoms with Crippen LogP contribution in [0.1, 0.15) is 24.1 Å². The van der Waals surface area contributed by atoms with Crippen LogP contribution in [0.5, 0.6) is 0 Å². The molecule has 1 atom stereocenters.